The van der Waals surface area contributed by atoms with Crippen molar-refractivity contribution < 1.29 is 4.79 Å². The van der Waals surface area contributed by atoms with Gasteiger partial charge in [0.2, 0.25) is 0 Å². The fraction of sp³-hybridized carbons (Fsp3) is 0.385. The molecule has 0 unspecified atom stereocenters. The van der Waals surface area contributed by atoms with E-state index in [0.717, 1.165) is 10.7 Å². The number of thiazole rings is 1. The molecule has 2 rings (SSSR count). The van der Waals surface area contributed by atoms with Crippen LogP contribution in [-0.4, -0.2) is 10.8 Å². The van der Waals surface area contributed by atoms with Gasteiger partial charge in [-0.2, -0.15) is 0 Å². The summed E-state index contributed by atoms with van der Waals surface area (Å²) in [5, 5.41) is 2.90. The Bertz CT molecular complexity index is 566. The molecule has 0 spiro atoms. The van der Waals surface area contributed by atoms with Crippen molar-refractivity contribution in [3.63, 3.8) is 0 Å². The number of hydrogen-bond acceptors (Lipinski definition) is 4. The summed E-state index contributed by atoms with van der Waals surface area (Å²) in [6.45, 7) is 6.35. The van der Waals surface area contributed by atoms with Crippen LogP contribution in [0.25, 0.3) is 0 Å². The third kappa shape index (κ3) is 3.19. The van der Waals surface area contributed by atoms with Gasteiger partial charge in [0.1, 0.15) is 5.01 Å². The van der Waals surface area contributed by atoms with E-state index >= 15 is 0 Å². The molecule has 18 heavy (non-hydrogen) atoms. The van der Waals surface area contributed by atoms with Crippen LogP contribution >= 0.6 is 34.3 Å². The molecule has 0 atom stereocenters. The summed E-state index contributed by atoms with van der Waals surface area (Å²) >= 11 is 8.69. The minimum atomic E-state index is 0.0318. The summed E-state index contributed by atoms with van der Waals surface area (Å²) in [4.78, 5) is 17.2. The highest BCUT2D eigenvalue weighted by atomic mass is 35.5. The van der Waals surface area contributed by atoms with Crippen LogP contribution in [0.5, 0.6) is 0 Å². The molecular weight excluding hydrogens is 286 g/mol. The molecule has 0 radical (unpaired) electrons. The minimum Gasteiger partial charge on any atom is -0.293 e. The number of thiophene rings is 1. The van der Waals surface area contributed by atoms with E-state index in [-0.39, 0.29) is 11.2 Å². The number of ketones is 1. The summed E-state index contributed by atoms with van der Waals surface area (Å²) in [5.41, 5.74) is 1.07. The first kappa shape index (κ1) is 13.7. The van der Waals surface area contributed by atoms with Gasteiger partial charge in [0.05, 0.1) is 21.3 Å². The zero-order valence-electron chi connectivity index (χ0n) is 10.5. The zero-order chi connectivity index (χ0) is 13.3. The van der Waals surface area contributed by atoms with Gasteiger partial charge in [-0.05, 0) is 12.1 Å². The minimum absolute atomic E-state index is 0.0318. The monoisotopic (exact) mass is 299 g/mol. The maximum Gasteiger partial charge on any atom is 0.179 e. The highest BCUT2D eigenvalue weighted by Gasteiger charge is 2.19. The van der Waals surface area contributed by atoms with Crippen LogP contribution in [0.1, 0.15) is 41.1 Å². The smallest absolute Gasteiger partial charge is 0.179 e. The van der Waals surface area contributed by atoms with E-state index in [1.54, 1.807) is 23.5 Å². The second-order valence-electron chi connectivity index (χ2n) is 5.08. The summed E-state index contributed by atoms with van der Waals surface area (Å²) in [5.74, 6) is 0.0849. The van der Waals surface area contributed by atoms with Crippen LogP contribution in [0.2, 0.25) is 4.34 Å². The van der Waals surface area contributed by atoms with Gasteiger partial charge in [-0.1, -0.05) is 32.4 Å². The van der Waals surface area contributed by atoms with Crippen LogP contribution in [-0.2, 0) is 11.8 Å². The summed E-state index contributed by atoms with van der Waals surface area (Å²) in [6, 6.07) is 3.52. The predicted octanol–water partition coefficient (Wildman–Crippen LogP) is 4.58. The summed E-state index contributed by atoms with van der Waals surface area (Å²) in [7, 11) is 0. The molecular formula is C13H14ClNOS2. The fourth-order valence-corrected chi connectivity index (χ4v) is 3.43. The van der Waals surface area contributed by atoms with Crippen molar-refractivity contribution in [2.24, 2.45) is 0 Å². The van der Waals surface area contributed by atoms with Crippen LogP contribution in [0.4, 0.5) is 0 Å². The van der Waals surface area contributed by atoms with Gasteiger partial charge in [0.25, 0.3) is 0 Å². The molecule has 0 bridgehead atoms. The number of Topliss-reactive ketones (excluding diaryl/α,β-unsaturated/α-hetero) is 1. The molecule has 2 heterocycles. The van der Waals surface area contributed by atoms with Crippen molar-refractivity contribution in [1.29, 1.82) is 0 Å². The molecule has 0 aliphatic rings. The van der Waals surface area contributed by atoms with Crippen LogP contribution in [0, 0.1) is 0 Å². The lowest BCUT2D eigenvalue weighted by molar-refractivity contribution is 0.0996. The van der Waals surface area contributed by atoms with Crippen molar-refractivity contribution in [2.75, 3.05) is 0 Å². The van der Waals surface area contributed by atoms with Crippen molar-refractivity contribution in [1.82, 2.24) is 4.98 Å². The summed E-state index contributed by atoms with van der Waals surface area (Å²) < 4.78 is 0.646. The molecule has 0 aliphatic carbocycles. The van der Waals surface area contributed by atoms with E-state index in [4.69, 9.17) is 11.6 Å². The van der Waals surface area contributed by atoms with E-state index in [1.165, 1.54) is 11.3 Å². The van der Waals surface area contributed by atoms with Crippen LogP contribution < -0.4 is 0 Å². The molecule has 0 amide bonds. The van der Waals surface area contributed by atoms with E-state index in [1.807, 2.05) is 5.38 Å². The molecule has 0 saturated carbocycles. The van der Waals surface area contributed by atoms with Crippen molar-refractivity contribution in [3.8, 4) is 0 Å². The topological polar surface area (TPSA) is 30.0 Å². The molecule has 96 valence electrons. The molecule has 5 heteroatoms. The molecule has 2 aromatic rings. The van der Waals surface area contributed by atoms with E-state index < -0.39 is 0 Å². The average Bonchev–Trinajstić information content (AvgIpc) is 2.85. The number of carbonyl (C=O) groups excluding carboxylic acids is 1. The Morgan fingerprint density at radius 3 is 2.61 bits per heavy atom. The first-order valence-electron chi connectivity index (χ1n) is 5.59. The number of hydrogen-bond donors (Lipinski definition) is 0. The van der Waals surface area contributed by atoms with Crippen LogP contribution in [0.3, 0.4) is 0 Å². The SMILES string of the molecule is CC(C)(C)c1csc(CC(=O)c2ccc(Cl)s2)n1. The van der Waals surface area contributed by atoms with Gasteiger partial charge in [-0.15, -0.1) is 22.7 Å². The highest BCUT2D eigenvalue weighted by molar-refractivity contribution is 7.18. The third-order valence-corrected chi connectivity index (χ3v) is 4.60. The molecule has 0 aromatic carbocycles. The Labute approximate surface area is 120 Å². The lowest BCUT2D eigenvalue weighted by Gasteiger charge is -2.14. The first-order valence-corrected chi connectivity index (χ1v) is 7.67. The van der Waals surface area contributed by atoms with Gasteiger partial charge in [0, 0.05) is 10.8 Å². The fourth-order valence-electron chi connectivity index (χ4n) is 1.43. The predicted molar refractivity (Wildman–Crippen MR) is 78.2 cm³/mol. The summed E-state index contributed by atoms with van der Waals surface area (Å²) in [6.07, 6.45) is 0.359. The molecule has 0 saturated heterocycles. The Hall–Kier alpha value is -0.710. The average molecular weight is 300 g/mol. The second-order valence-corrected chi connectivity index (χ2v) is 7.74. The van der Waals surface area contributed by atoms with Gasteiger partial charge >= 0.3 is 0 Å². The van der Waals surface area contributed by atoms with E-state index in [9.17, 15) is 4.79 Å². The quantitative estimate of drug-likeness (QED) is 0.776. The van der Waals surface area contributed by atoms with Crippen molar-refractivity contribution in [3.05, 3.63) is 37.4 Å². The number of carbonyl (C=O) groups is 1. The van der Waals surface area contributed by atoms with Gasteiger partial charge in [0.15, 0.2) is 5.78 Å². The molecule has 0 N–H and O–H groups in total. The van der Waals surface area contributed by atoms with Gasteiger partial charge < -0.3 is 0 Å². The highest BCUT2D eigenvalue weighted by Crippen LogP contribution is 2.26. The Kier molecular flexibility index (Phi) is 3.90. The zero-order valence-corrected chi connectivity index (χ0v) is 12.9. The Morgan fingerprint density at radius 2 is 2.11 bits per heavy atom. The lowest BCUT2D eigenvalue weighted by Crippen LogP contribution is -2.12. The number of nitrogens with zero attached hydrogens (tertiary/aromatic N) is 1. The Morgan fingerprint density at radius 1 is 1.39 bits per heavy atom. The maximum absolute atomic E-state index is 12.0. The molecule has 2 aromatic heterocycles. The van der Waals surface area contributed by atoms with Gasteiger partial charge in [-0.25, -0.2) is 4.98 Å². The molecule has 0 aliphatic heterocycles. The van der Waals surface area contributed by atoms with E-state index in [0.29, 0.717) is 15.6 Å². The standard InChI is InChI=1S/C13H14ClNOS2/c1-13(2,3)10-7-17-12(15-10)6-8(16)9-4-5-11(14)18-9/h4-5,7H,6H2,1-3H3. The third-order valence-electron chi connectivity index (χ3n) is 2.48. The largest absolute Gasteiger partial charge is 0.293 e. The maximum atomic E-state index is 12.0. The first-order chi connectivity index (χ1) is 8.36. The Balaban J connectivity index is 2.10. The molecule has 0 fully saturated rings. The number of halogens is 1. The van der Waals surface area contributed by atoms with Gasteiger partial charge in [-0.3, -0.25) is 4.79 Å². The number of aromatic nitrogens is 1. The van der Waals surface area contributed by atoms with Crippen molar-refractivity contribution >= 4 is 40.1 Å². The molecule has 2 nitrogen and oxygen atoms in total. The van der Waals surface area contributed by atoms with Crippen LogP contribution in [0.15, 0.2) is 17.5 Å². The van der Waals surface area contributed by atoms with E-state index in [2.05, 4.69) is 25.8 Å². The normalized spacial score (nSPS) is 11.8. The second kappa shape index (κ2) is 5.11. The lowest BCUT2D eigenvalue weighted by atomic mass is 9.93. The number of rotatable bonds is 3. The van der Waals surface area contributed by atoms with Crippen molar-refractivity contribution in [2.45, 2.75) is 32.6 Å².